The van der Waals surface area contributed by atoms with Crippen molar-refractivity contribution in [2.75, 3.05) is 17.7 Å². The van der Waals surface area contributed by atoms with Gasteiger partial charge in [0.1, 0.15) is 11.6 Å². The molecule has 128 valence electrons. The molecule has 6 heteroatoms. The quantitative estimate of drug-likeness (QED) is 0.638. The molecule has 5 nitrogen and oxygen atoms in total. The van der Waals surface area contributed by atoms with Crippen LogP contribution in [0, 0.1) is 0 Å². The Morgan fingerprint density at radius 3 is 2.68 bits per heavy atom. The van der Waals surface area contributed by atoms with E-state index in [-0.39, 0.29) is 0 Å². The van der Waals surface area contributed by atoms with Gasteiger partial charge < -0.3 is 15.4 Å². The maximum Gasteiger partial charge on any atom is 0.229 e. The van der Waals surface area contributed by atoms with Crippen molar-refractivity contribution in [1.29, 1.82) is 0 Å². The standard InChI is InChI=1S/C19H19ClN4O/c1-3-13-6-4-5-7-15(13)22-18-10-11-21-19(24-18)23-16-12-14(20)8-9-17(16)25-2/h4-12H,3H2,1-2H3,(H2,21,22,23,24). The van der Waals surface area contributed by atoms with Crippen LogP contribution in [0.2, 0.25) is 5.02 Å². The largest absolute Gasteiger partial charge is 0.495 e. The first-order valence-corrected chi connectivity index (χ1v) is 8.36. The number of hydrogen-bond acceptors (Lipinski definition) is 5. The molecule has 0 atom stereocenters. The van der Waals surface area contributed by atoms with Gasteiger partial charge >= 0.3 is 0 Å². The van der Waals surface area contributed by atoms with E-state index in [1.54, 1.807) is 31.5 Å². The molecule has 0 aliphatic heterocycles. The van der Waals surface area contributed by atoms with Crippen molar-refractivity contribution in [2.45, 2.75) is 13.3 Å². The minimum absolute atomic E-state index is 0.458. The van der Waals surface area contributed by atoms with Crippen molar-refractivity contribution in [3.8, 4) is 5.75 Å². The van der Waals surface area contributed by atoms with Crippen LogP contribution in [0.4, 0.5) is 23.1 Å². The molecule has 25 heavy (non-hydrogen) atoms. The summed E-state index contributed by atoms with van der Waals surface area (Å²) < 4.78 is 5.34. The maximum atomic E-state index is 6.06. The van der Waals surface area contributed by atoms with Crippen LogP contribution in [0.3, 0.4) is 0 Å². The lowest BCUT2D eigenvalue weighted by Crippen LogP contribution is -2.02. The van der Waals surface area contributed by atoms with Crippen molar-refractivity contribution in [1.82, 2.24) is 9.97 Å². The zero-order valence-corrected chi connectivity index (χ0v) is 14.8. The highest BCUT2D eigenvalue weighted by atomic mass is 35.5. The number of hydrogen-bond donors (Lipinski definition) is 2. The first kappa shape index (κ1) is 17.0. The van der Waals surface area contributed by atoms with Gasteiger partial charge in [-0.1, -0.05) is 36.7 Å². The number of rotatable bonds is 6. The Balaban J connectivity index is 1.84. The Hall–Kier alpha value is -2.79. The number of halogens is 1. The first-order valence-electron chi connectivity index (χ1n) is 7.98. The molecule has 2 N–H and O–H groups in total. The highest BCUT2D eigenvalue weighted by molar-refractivity contribution is 6.31. The third-order valence-corrected chi connectivity index (χ3v) is 3.96. The molecule has 0 saturated carbocycles. The number of para-hydroxylation sites is 1. The smallest absolute Gasteiger partial charge is 0.229 e. The maximum absolute atomic E-state index is 6.06. The predicted octanol–water partition coefficient (Wildman–Crippen LogP) is 5.19. The minimum Gasteiger partial charge on any atom is -0.495 e. The number of benzene rings is 2. The number of anilines is 4. The normalized spacial score (nSPS) is 10.4. The van der Waals surface area contributed by atoms with Crippen LogP contribution in [0.1, 0.15) is 12.5 Å². The van der Waals surface area contributed by atoms with Gasteiger partial charge in [-0.2, -0.15) is 4.98 Å². The summed E-state index contributed by atoms with van der Waals surface area (Å²) in [5.74, 6) is 1.83. The van der Waals surface area contributed by atoms with Gasteiger partial charge in [-0.05, 0) is 42.3 Å². The zero-order chi connectivity index (χ0) is 17.6. The van der Waals surface area contributed by atoms with Crippen molar-refractivity contribution >= 4 is 34.7 Å². The zero-order valence-electron chi connectivity index (χ0n) is 14.1. The van der Waals surface area contributed by atoms with Gasteiger partial charge in [-0.25, -0.2) is 4.98 Å². The van der Waals surface area contributed by atoms with E-state index in [1.807, 2.05) is 24.3 Å². The second-order valence-corrected chi connectivity index (χ2v) is 5.81. The summed E-state index contributed by atoms with van der Waals surface area (Å²) in [6, 6.07) is 15.3. The Labute approximate surface area is 152 Å². The molecule has 0 saturated heterocycles. The number of methoxy groups -OCH3 is 1. The summed E-state index contributed by atoms with van der Waals surface area (Å²) >= 11 is 6.06. The van der Waals surface area contributed by atoms with Crippen LogP contribution in [-0.4, -0.2) is 17.1 Å². The van der Waals surface area contributed by atoms with E-state index in [9.17, 15) is 0 Å². The first-order chi connectivity index (χ1) is 12.2. The number of aryl methyl sites for hydroxylation is 1. The van der Waals surface area contributed by atoms with Gasteiger partial charge in [0.05, 0.1) is 12.8 Å². The molecule has 0 radical (unpaired) electrons. The number of ether oxygens (including phenoxy) is 1. The fraction of sp³-hybridized carbons (Fsp3) is 0.158. The molecular formula is C19H19ClN4O. The van der Waals surface area contributed by atoms with Gasteiger partial charge in [0.2, 0.25) is 5.95 Å². The Morgan fingerprint density at radius 2 is 1.88 bits per heavy atom. The molecule has 3 aromatic rings. The van der Waals surface area contributed by atoms with Gasteiger partial charge in [-0.15, -0.1) is 0 Å². The Kier molecular flexibility index (Phi) is 5.36. The molecule has 2 aromatic carbocycles. The SMILES string of the molecule is CCc1ccccc1Nc1ccnc(Nc2cc(Cl)ccc2OC)n1. The monoisotopic (exact) mass is 354 g/mol. The molecule has 0 spiro atoms. The van der Waals surface area contributed by atoms with E-state index in [0.717, 1.165) is 12.1 Å². The Morgan fingerprint density at radius 1 is 1.04 bits per heavy atom. The molecule has 0 aliphatic rings. The molecule has 1 heterocycles. The van der Waals surface area contributed by atoms with Crippen LogP contribution in [-0.2, 0) is 6.42 Å². The summed E-state index contributed by atoms with van der Waals surface area (Å²) in [4.78, 5) is 8.77. The lowest BCUT2D eigenvalue weighted by Gasteiger charge is -2.13. The number of nitrogens with one attached hydrogen (secondary N) is 2. The molecule has 0 unspecified atom stereocenters. The van der Waals surface area contributed by atoms with Gasteiger partial charge in [0, 0.05) is 16.9 Å². The van der Waals surface area contributed by atoms with Crippen molar-refractivity contribution < 1.29 is 4.74 Å². The van der Waals surface area contributed by atoms with Crippen molar-refractivity contribution in [3.63, 3.8) is 0 Å². The number of aromatic nitrogens is 2. The van der Waals surface area contributed by atoms with E-state index in [2.05, 4.69) is 33.6 Å². The summed E-state index contributed by atoms with van der Waals surface area (Å²) in [5, 5.41) is 7.09. The lowest BCUT2D eigenvalue weighted by atomic mass is 10.1. The summed E-state index contributed by atoms with van der Waals surface area (Å²) in [6.45, 7) is 2.12. The van der Waals surface area contributed by atoms with Crippen LogP contribution >= 0.6 is 11.6 Å². The average Bonchev–Trinajstić information content (AvgIpc) is 2.63. The van der Waals surface area contributed by atoms with E-state index >= 15 is 0 Å². The second kappa shape index (κ2) is 7.85. The van der Waals surface area contributed by atoms with Crippen LogP contribution < -0.4 is 15.4 Å². The lowest BCUT2D eigenvalue weighted by molar-refractivity contribution is 0.417. The third kappa shape index (κ3) is 4.19. The average molecular weight is 355 g/mol. The summed E-state index contributed by atoms with van der Waals surface area (Å²) in [7, 11) is 1.61. The minimum atomic E-state index is 0.458. The van der Waals surface area contributed by atoms with Crippen LogP contribution in [0.25, 0.3) is 0 Å². The van der Waals surface area contributed by atoms with Crippen molar-refractivity contribution in [2.24, 2.45) is 0 Å². The van der Waals surface area contributed by atoms with Gasteiger partial charge in [0.15, 0.2) is 0 Å². The van der Waals surface area contributed by atoms with Gasteiger partial charge in [-0.3, -0.25) is 0 Å². The molecule has 0 amide bonds. The van der Waals surface area contributed by atoms with E-state index in [0.29, 0.717) is 28.2 Å². The molecule has 3 rings (SSSR count). The highest BCUT2D eigenvalue weighted by Gasteiger charge is 2.07. The predicted molar refractivity (Wildman–Crippen MR) is 102 cm³/mol. The molecule has 0 aliphatic carbocycles. The van der Waals surface area contributed by atoms with Crippen molar-refractivity contribution in [3.05, 3.63) is 65.3 Å². The summed E-state index contributed by atoms with van der Waals surface area (Å²) in [6.07, 6.45) is 2.64. The topological polar surface area (TPSA) is 59.1 Å². The Bertz CT molecular complexity index is 870. The van der Waals surface area contributed by atoms with Gasteiger partial charge in [0.25, 0.3) is 0 Å². The second-order valence-electron chi connectivity index (χ2n) is 5.37. The number of nitrogens with zero attached hydrogens (tertiary/aromatic N) is 2. The fourth-order valence-electron chi connectivity index (χ4n) is 2.48. The van der Waals surface area contributed by atoms with Crippen LogP contribution in [0.15, 0.2) is 54.7 Å². The third-order valence-electron chi connectivity index (χ3n) is 3.72. The van der Waals surface area contributed by atoms with Crippen LogP contribution in [0.5, 0.6) is 5.75 Å². The van der Waals surface area contributed by atoms with E-state index in [1.165, 1.54) is 5.56 Å². The summed E-state index contributed by atoms with van der Waals surface area (Å²) in [5.41, 5.74) is 2.98. The molecule has 1 aromatic heterocycles. The molecule has 0 bridgehead atoms. The molecular weight excluding hydrogens is 336 g/mol. The molecule has 0 fully saturated rings. The fourth-order valence-corrected chi connectivity index (χ4v) is 2.65. The van der Waals surface area contributed by atoms with E-state index in [4.69, 9.17) is 16.3 Å². The highest BCUT2D eigenvalue weighted by Crippen LogP contribution is 2.30. The van der Waals surface area contributed by atoms with E-state index < -0.39 is 0 Å².